The first-order chi connectivity index (χ1) is 6.24. The molecule has 0 radical (unpaired) electrons. The Hall–Kier alpha value is -0.610. The largest absolute Gasteiger partial charge is 0.468 e. The number of likely N-dealkylation sites (N-methyl/N-ethyl adjacent to an activating group) is 1. The van der Waals surface area contributed by atoms with Crippen molar-refractivity contribution in [2.45, 2.75) is 13.8 Å². The molecule has 0 spiro atoms. The highest BCUT2D eigenvalue weighted by Crippen LogP contribution is 1.89. The van der Waals surface area contributed by atoms with Crippen molar-refractivity contribution in [2.24, 2.45) is 0 Å². The van der Waals surface area contributed by atoms with Gasteiger partial charge in [-0.2, -0.15) is 0 Å². The molecular formula is C9H19NO3. The Labute approximate surface area is 79.8 Å². The molecule has 0 saturated carbocycles. The molecule has 0 unspecified atom stereocenters. The molecule has 0 atom stereocenters. The van der Waals surface area contributed by atoms with Crippen molar-refractivity contribution in [1.82, 2.24) is 4.90 Å². The van der Waals surface area contributed by atoms with E-state index in [9.17, 15) is 4.79 Å². The van der Waals surface area contributed by atoms with E-state index in [1.165, 1.54) is 7.11 Å². The van der Waals surface area contributed by atoms with Crippen molar-refractivity contribution in [2.75, 3.05) is 40.0 Å². The zero-order valence-corrected chi connectivity index (χ0v) is 8.71. The van der Waals surface area contributed by atoms with Gasteiger partial charge >= 0.3 is 5.97 Å². The van der Waals surface area contributed by atoms with Crippen LogP contribution in [-0.4, -0.2) is 50.8 Å². The molecule has 0 amide bonds. The quantitative estimate of drug-likeness (QED) is 0.432. The van der Waals surface area contributed by atoms with Gasteiger partial charge in [-0.3, -0.25) is 9.69 Å². The predicted octanol–water partition coefficient (Wildman–Crippen LogP) is 0.518. The second-order valence-electron chi connectivity index (χ2n) is 2.64. The van der Waals surface area contributed by atoms with Crippen LogP contribution in [0.15, 0.2) is 0 Å². The maximum absolute atomic E-state index is 10.9. The Morgan fingerprint density at radius 3 is 2.54 bits per heavy atom. The van der Waals surface area contributed by atoms with E-state index in [1.54, 1.807) is 0 Å². The fraction of sp³-hybridized carbons (Fsp3) is 0.889. The van der Waals surface area contributed by atoms with Crippen LogP contribution in [0.3, 0.4) is 0 Å². The normalized spacial score (nSPS) is 10.5. The van der Waals surface area contributed by atoms with Crippen molar-refractivity contribution < 1.29 is 14.3 Å². The van der Waals surface area contributed by atoms with Crippen molar-refractivity contribution in [3.63, 3.8) is 0 Å². The van der Waals surface area contributed by atoms with Gasteiger partial charge in [-0.15, -0.1) is 0 Å². The minimum Gasteiger partial charge on any atom is -0.468 e. The van der Waals surface area contributed by atoms with E-state index < -0.39 is 0 Å². The number of rotatable bonds is 7. The van der Waals surface area contributed by atoms with Crippen LogP contribution in [0.1, 0.15) is 13.8 Å². The van der Waals surface area contributed by atoms with E-state index in [0.717, 1.165) is 19.7 Å². The molecule has 0 N–H and O–H groups in total. The third-order valence-electron chi connectivity index (χ3n) is 1.78. The summed E-state index contributed by atoms with van der Waals surface area (Å²) in [5.74, 6) is -0.196. The molecule has 0 aliphatic carbocycles. The van der Waals surface area contributed by atoms with Crippen molar-refractivity contribution in [3.8, 4) is 0 Å². The van der Waals surface area contributed by atoms with Crippen molar-refractivity contribution in [1.29, 1.82) is 0 Å². The van der Waals surface area contributed by atoms with Gasteiger partial charge in [0.15, 0.2) is 0 Å². The molecule has 0 saturated heterocycles. The highest BCUT2D eigenvalue weighted by Gasteiger charge is 2.07. The number of esters is 1. The van der Waals surface area contributed by atoms with Crippen LogP contribution in [0.25, 0.3) is 0 Å². The third-order valence-corrected chi connectivity index (χ3v) is 1.78. The molecule has 0 aliphatic heterocycles. The van der Waals surface area contributed by atoms with Crippen LogP contribution in [-0.2, 0) is 14.3 Å². The summed E-state index contributed by atoms with van der Waals surface area (Å²) in [6, 6.07) is 0. The second kappa shape index (κ2) is 8.01. The minimum atomic E-state index is -0.196. The van der Waals surface area contributed by atoms with Gasteiger partial charge in [-0.25, -0.2) is 0 Å². The standard InChI is InChI=1S/C9H19NO3/c1-4-10(6-7-13-5-2)8-9(11)12-3/h4-8H2,1-3H3. The molecule has 0 aromatic carbocycles. The maximum Gasteiger partial charge on any atom is 0.319 e. The lowest BCUT2D eigenvalue weighted by molar-refractivity contribution is -0.142. The van der Waals surface area contributed by atoms with Gasteiger partial charge in [0.2, 0.25) is 0 Å². The van der Waals surface area contributed by atoms with Crippen LogP contribution in [0, 0.1) is 0 Å². The average molecular weight is 189 g/mol. The van der Waals surface area contributed by atoms with Gasteiger partial charge in [0.25, 0.3) is 0 Å². The molecule has 78 valence electrons. The number of nitrogens with zero attached hydrogens (tertiary/aromatic N) is 1. The summed E-state index contributed by atoms with van der Waals surface area (Å²) in [5.41, 5.74) is 0. The third kappa shape index (κ3) is 6.54. The first-order valence-electron chi connectivity index (χ1n) is 4.61. The van der Waals surface area contributed by atoms with Crippen molar-refractivity contribution in [3.05, 3.63) is 0 Å². The summed E-state index contributed by atoms with van der Waals surface area (Å²) in [6.45, 7) is 7.31. The van der Waals surface area contributed by atoms with E-state index in [-0.39, 0.29) is 5.97 Å². The summed E-state index contributed by atoms with van der Waals surface area (Å²) in [5, 5.41) is 0. The highest BCUT2D eigenvalue weighted by atomic mass is 16.5. The predicted molar refractivity (Wildman–Crippen MR) is 50.6 cm³/mol. The highest BCUT2D eigenvalue weighted by molar-refractivity contribution is 5.71. The Morgan fingerprint density at radius 1 is 1.38 bits per heavy atom. The zero-order chi connectivity index (χ0) is 10.1. The fourth-order valence-corrected chi connectivity index (χ4v) is 0.934. The lowest BCUT2D eigenvalue weighted by Crippen LogP contribution is -2.33. The average Bonchev–Trinajstić information content (AvgIpc) is 2.16. The van der Waals surface area contributed by atoms with Gasteiger partial charge in [-0.1, -0.05) is 6.92 Å². The van der Waals surface area contributed by atoms with Crippen molar-refractivity contribution >= 4 is 5.97 Å². The van der Waals surface area contributed by atoms with Crippen LogP contribution >= 0.6 is 0 Å². The smallest absolute Gasteiger partial charge is 0.319 e. The van der Waals surface area contributed by atoms with Gasteiger partial charge in [0.1, 0.15) is 0 Å². The van der Waals surface area contributed by atoms with E-state index in [0.29, 0.717) is 13.2 Å². The molecule has 0 heterocycles. The molecule has 0 fully saturated rings. The van der Waals surface area contributed by atoms with E-state index in [4.69, 9.17) is 4.74 Å². The molecule has 0 bridgehead atoms. The van der Waals surface area contributed by atoms with Crippen LogP contribution in [0.2, 0.25) is 0 Å². The van der Waals surface area contributed by atoms with E-state index in [2.05, 4.69) is 4.74 Å². The Morgan fingerprint density at radius 2 is 2.08 bits per heavy atom. The van der Waals surface area contributed by atoms with E-state index in [1.807, 2.05) is 18.7 Å². The minimum absolute atomic E-state index is 0.196. The molecule has 0 rings (SSSR count). The lowest BCUT2D eigenvalue weighted by Gasteiger charge is -2.18. The summed E-state index contributed by atoms with van der Waals surface area (Å²) < 4.78 is 9.75. The van der Waals surface area contributed by atoms with Gasteiger partial charge < -0.3 is 9.47 Å². The number of carbonyl (C=O) groups is 1. The Kier molecular flexibility index (Phi) is 7.63. The maximum atomic E-state index is 10.9. The molecule has 13 heavy (non-hydrogen) atoms. The first-order valence-corrected chi connectivity index (χ1v) is 4.61. The summed E-state index contributed by atoms with van der Waals surface area (Å²) in [7, 11) is 1.40. The van der Waals surface area contributed by atoms with Gasteiger partial charge in [-0.05, 0) is 13.5 Å². The monoisotopic (exact) mass is 189 g/mol. The van der Waals surface area contributed by atoms with Crippen LogP contribution < -0.4 is 0 Å². The Bertz CT molecular complexity index is 139. The number of hydrogen-bond acceptors (Lipinski definition) is 4. The summed E-state index contributed by atoms with van der Waals surface area (Å²) in [6.07, 6.45) is 0. The van der Waals surface area contributed by atoms with Gasteiger partial charge in [0, 0.05) is 13.2 Å². The number of methoxy groups -OCH3 is 1. The molecule has 4 heteroatoms. The zero-order valence-electron chi connectivity index (χ0n) is 8.71. The molecule has 0 aliphatic rings. The van der Waals surface area contributed by atoms with Crippen LogP contribution in [0.5, 0.6) is 0 Å². The SMILES string of the molecule is CCOCCN(CC)CC(=O)OC. The fourth-order valence-electron chi connectivity index (χ4n) is 0.934. The number of carbonyl (C=O) groups excluding carboxylic acids is 1. The Balaban J connectivity index is 3.56. The molecule has 4 nitrogen and oxygen atoms in total. The summed E-state index contributed by atoms with van der Waals surface area (Å²) in [4.78, 5) is 12.9. The molecule has 0 aromatic heterocycles. The number of hydrogen-bond donors (Lipinski definition) is 0. The summed E-state index contributed by atoms with van der Waals surface area (Å²) >= 11 is 0. The topological polar surface area (TPSA) is 38.8 Å². The lowest BCUT2D eigenvalue weighted by atomic mass is 10.4. The first kappa shape index (κ1) is 12.4. The van der Waals surface area contributed by atoms with Gasteiger partial charge in [0.05, 0.1) is 20.3 Å². The molecule has 0 aromatic rings. The van der Waals surface area contributed by atoms with Crippen LogP contribution in [0.4, 0.5) is 0 Å². The molecular weight excluding hydrogens is 170 g/mol. The van der Waals surface area contributed by atoms with E-state index >= 15 is 0 Å². The second-order valence-corrected chi connectivity index (χ2v) is 2.64. The number of ether oxygens (including phenoxy) is 2.